The van der Waals surface area contributed by atoms with Gasteiger partial charge in [0.05, 0.1) is 19.1 Å². The average Bonchev–Trinajstić information content (AvgIpc) is 3.40. The Bertz CT molecular complexity index is 1340. The first-order valence-corrected chi connectivity index (χ1v) is 15.6. The molecule has 4 rings (SSSR count). The van der Waals surface area contributed by atoms with Crippen molar-refractivity contribution in [1.82, 2.24) is 14.2 Å². The van der Waals surface area contributed by atoms with Crippen molar-refractivity contribution >= 4 is 55.0 Å². The highest BCUT2D eigenvalue weighted by Crippen LogP contribution is 2.40. The molecule has 0 bridgehead atoms. The minimum Gasteiger partial charge on any atom is -0.495 e. The Morgan fingerprint density at radius 1 is 1.00 bits per heavy atom. The molecule has 0 radical (unpaired) electrons. The molecule has 1 aliphatic heterocycles. The van der Waals surface area contributed by atoms with Gasteiger partial charge in [-0.05, 0) is 68.2 Å². The van der Waals surface area contributed by atoms with Crippen molar-refractivity contribution in [2.24, 2.45) is 5.92 Å². The number of rotatable bonds is 11. The number of methoxy groups -OCH3 is 2. The number of fused-ring (bicyclic) bond motifs is 1. The van der Waals surface area contributed by atoms with Crippen LogP contribution in [0.2, 0.25) is 0 Å². The fraction of sp³-hybridized carbons (Fsp3) is 0.500. The van der Waals surface area contributed by atoms with Crippen molar-refractivity contribution in [1.29, 1.82) is 0 Å². The maximum atomic E-state index is 13.9. The van der Waals surface area contributed by atoms with E-state index in [1.807, 2.05) is 6.07 Å². The van der Waals surface area contributed by atoms with Gasteiger partial charge in [0.25, 0.3) is 5.91 Å². The topological polar surface area (TPSA) is 92.3 Å². The number of benzene rings is 2. The van der Waals surface area contributed by atoms with E-state index in [0.717, 1.165) is 30.6 Å². The SMILES string of the molecule is CCN(CC)CCN(C(=O)c1ccc(S(=O)(=O)N2CCC(C)CC2)cc1)c1nc2c(OC)ccc(OC)c2s1.Cl. The summed E-state index contributed by atoms with van der Waals surface area (Å²) in [7, 11) is -0.409. The second kappa shape index (κ2) is 14.0. The number of ether oxygens (including phenoxy) is 2. The number of aromatic nitrogens is 1. The number of thiazole rings is 1. The van der Waals surface area contributed by atoms with E-state index in [1.165, 1.54) is 23.5 Å². The second-order valence-electron chi connectivity index (χ2n) is 9.74. The molecule has 0 saturated carbocycles. The molecule has 2 aromatic carbocycles. The highest BCUT2D eigenvalue weighted by atomic mass is 35.5. The fourth-order valence-corrected chi connectivity index (χ4v) is 7.32. The molecule has 0 spiro atoms. The highest BCUT2D eigenvalue weighted by Gasteiger charge is 2.29. The summed E-state index contributed by atoms with van der Waals surface area (Å²) in [6.45, 7) is 10.2. The van der Waals surface area contributed by atoms with Crippen LogP contribution in [-0.4, -0.2) is 82.0 Å². The number of hydrogen-bond donors (Lipinski definition) is 0. The minimum atomic E-state index is -3.60. The Balaban J connectivity index is 0.00000441. The Kier molecular flexibility index (Phi) is 11.2. The zero-order valence-corrected chi connectivity index (χ0v) is 26.2. The Labute approximate surface area is 247 Å². The molecular formula is C28H39ClN4O5S2. The molecule has 220 valence electrons. The van der Waals surface area contributed by atoms with Crippen LogP contribution < -0.4 is 14.4 Å². The third-order valence-electron chi connectivity index (χ3n) is 7.39. The third-order valence-corrected chi connectivity index (χ3v) is 10.4. The smallest absolute Gasteiger partial charge is 0.260 e. The van der Waals surface area contributed by atoms with Crippen LogP contribution in [0.15, 0.2) is 41.3 Å². The van der Waals surface area contributed by atoms with E-state index in [9.17, 15) is 13.2 Å². The number of nitrogens with zero attached hydrogens (tertiary/aromatic N) is 4. The van der Waals surface area contributed by atoms with Gasteiger partial charge in [-0.2, -0.15) is 4.31 Å². The third kappa shape index (κ3) is 6.71. The number of likely N-dealkylation sites (N-methyl/N-ethyl adjacent to an activating group) is 1. The van der Waals surface area contributed by atoms with Gasteiger partial charge in [0.15, 0.2) is 5.13 Å². The Morgan fingerprint density at radius 2 is 1.60 bits per heavy atom. The monoisotopic (exact) mass is 610 g/mol. The lowest BCUT2D eigenvalue weighted by molar-refractivity contribution is 0.0983. The lowest BCUT2D eigenvalue weighted by Crippen LogP contribution is -2.39. The predicted molar refractivity (Wildman–Crippen MR) is 163 cm³/mol. The largest absolute Gasteiger partial charge is 0.495 e. The first kappa shape index (κ1) is 32.1. The van der Waals surface area contributed by atoms with Crippen LogP contribution in [0.3, 0.4) is 0 Å². The molecule has 40 heavy (non-hydrogen) atoms. The summed E-state index contributed by atoms with van der Waals surface area (Å²) >= 11 is 1.37. The number of amides is 1. The number of sulfonamides is 1. The van der Waals surface area contributed by atoms with Crippen molar-refractivity contribution in [3.8, 4) is 11.5 Å². The van der Waals surface area contributed by atoms with Gasteiger partial charge >= 0.3 is 0 Å². The zero-order chi connectivity index (χ0) is 28.2. The molecule has 1 aliphatic rings. The van der Waals surface area contributed by atoms with Crippen LogP contribution in [0.25, 0.3) is 10.2 Å². The average molecular weight is 611 g/mol. The van der Waals surface area contributed by atoms with E-state index >= 15 is 0 Å². The number of carbonyl (C=O) groups excluding carboxylic acids is 1. The van der Waals surface area contributed by atoms with E-state index in [0.29, 0.717) is 59.8 Å². The summed E-state index contributed by atoms with van der Waals surface area (Å²) < 4.78 is 39.8. The molecule has 12 heteroatoms. The number of halogens is 1. The Hall–Kier alpha value is -2.44. The van der Waals surface area contributed by atoms with Crippen molar-refractivity contribution in [2.45, 2.75) is 38.5 Å². The number of hydrogen-bond acceptors (Lipinski definition) is 8. The lowest BCUT2D eigenvalue weighted by atomic mass is 10.0. The van der Waals surface area contributed by atoms with E-state index in [4.69, 9.17) is 14.5 Å². The van der Waals surface area contributed by atoms with Crippen LogP contribution in [0, 0.1) is 5.92 Å². The van der Waals surface area contributed by atoms with E-state index in [1.54, 1.807) is 41.6 Å². The molecule has 1 aromatic heterocycles. The number of piperidine rings is 1. The molecule has 1 amide bonds. The normalized spacial score (nSPS) is 14.8. The predicted octanol–water partition coefficient (Wildman–Crippen LogP) is 5.14. The quantitative estimate of drug-likeness (QED) is 0.297. The fourth-order valence-electron chi connectivity index (χ4n) is 4.75. The first-order valence-electron chi connectivity index (χ1n) is 13.4. The van der Waals surface area contributed by atoms with E-state index < -0.39 is 10.0 Å². The van der Waals surface area contributed by atoms with Crippen LogP contribution in [0.4, 0.5) is 5.13 Å². The summed E-state index contributed by atoms with van der Waals surface area (Å²) in [6.07, 6.45) is 1.71. The van der Waals surface area contributed by atoms with Gasteiger partial charge in [-0.15, -0.1) is 12.4 Å². The summed E-state index contributed by atoms with van der Waals surface area (Å²) in [6, 6.07) is 9.89. The molecule has 1 fully saturated rings. The van der Waals surface area contributed by atoms with Crippen molar-refractivity contribution in [3.63, 3.8) is 0 Å². The van der Waals surface area contributed by atoms with Gasteiger partial charge in [-0.25, -0.2) is 13.4 Å². The second-order valence-corrected chi connectivity index (χ2v) is 12.7. The molecule has 0 unspecified atom stereocenters. The molecule has 0 aliphatic carbocycles. The van der Waals surface area contributed by atoms with Crippen molar-refractivity contribution in [2.75, 3.05) is 58.4 Å². The maximum absolute atomic E-state index is 13.9. The maximum Gasteiger partial charge on any atom is 0.260 e. The minimum absolute atomic E-state index is 0. The molecule has 1 saturated heterocycles. The van der Waals surface area contributed by atoms with E-state index in [2.05, 4.69) is 25.7 Å². The summed E-state index contributed by atoms with van der Waals surface area (Å²) in [4.78, 5) is 22.8. The summed E-state index contributed by atoms with van der Waals surface area (Å²) in [5.41, 5.74) is 1.04. The summed E-state index contributed by atoms with van der Waals surface area (Å²) in [5.74, 6) is 1.55. The standard InChI is InChI=1S/C28H38N4O5S2.ClH/c1-6-30(7-2)18-19-32(28-29-25-23(36-4)12-13-24(37-5)26(25)38-28)27(33)21-8-10-22(11-9-21)39(34,35)31-16-14-20(3)15-17-31;/h8-13,20H,6-7,14-19H2,1-5H3;1H. The van der Waals surface area contributed by atoms with Gasteiger partial charge < -0.3 is 14.4 Å². The van der Waals surface area contributed by atoms with Gasteiger partial charge in [0.1, 0.15) is 21.7 Å². The van der Waals surface area contributed by atoms with Gasteiger partial charge in [0, 0.05) is 31.7 Å². The highest BCUT2D eigenvalue weighted by molar-refractivity contribution is 7.89. The summed E-state index contributed by atoms with van der Waals surface area (Å²) in [5, 5.41) is 0.532. The van der Waals surface area contributed by atoms with Crippen LogP contribution >= 0.6 is 23.7 Å². The first-order chi connectivity index (χ1) is 18.7. The van der Waals surface area contributed by atoms with Gasteiger partial charge in [-0.3, -0.25) is 9.69 Å². The lowest BCUT2D eigenvalue weighted by Gasteiger charge is -2.29. The van der Waals surface area contributed by atoms with Crippen LogP contribution in [0.1, 0.15) is 44.0 Å². The van der Waals surface area contributed by atoms with Gasteiger partial charge in [0.2, 0.25) is 10.0 Å². The van der Waals surface area contributed by atoms with Crippen molar-refractivity contribution < 1.29 is 22.7 Å². The number of anilines is 1. The van der Waals surface area contributed by atoms with Crippen molar-refractivity contribution in [3.05, 3.63) is 42.0 Å². The number of carbonyl (C=O) groups is 1. The molecule has 0 atom stereocenters. The van der Waals surface area contributed by atoms with E-state index in [-0.39, 0.29) is 23.2 Å². The van der Waals surface area contributed by atoms with Crippen LogP contribution in [-0.2, 0) is 10.0 Å². The van der Waals surface area contributed by atoms with Crippen LogP contribution in [0.5, 0.6) is 11.5 Å². The molecule has 3 aromatic rings. The molecule has 9 nitrogen and oxygen atoms in total. The zero-order valence-electron chi connectivity index (χ0n) is 23.8. The Morgan fingerprint density at radius 3 is 2.17 bits per heavy atom. The molecule has 2 heterocycles. The molecular weight excluding hydrogens is 572 g/mol. The molecule has 0 N–H and O–H groups in total. The van der Waals surface area contributed by atoms with Gasteiger partial charge in [-0.1, -0.05) is 32.1 Å².